The van der Waals surface area contributed by atoms with E-state index < -0.39 is 0 Å². The Morgan fingerprint density at radius 3 is 2.62 bits per heavy atom. The Morgan fingerprint density at radius 2 is 1.92 bits per heavy atom. The summed E-state index contributed by atoms with van der Waals surface area (Å²) in [5.41, 5.74) is 4.66. The average Bonchev–Trinajstić information content (AvgIpc) is 2.68. The van der Waals surface area contributed by atoms with E-state index in [1.54, 1.807) is 0 Å². The van der Waals surface area contributed by atoms with Crippen LogP contribution < -0.4 is 0 Å². The third-order valence-electron chi connectivity index (χ3n) is 5.18. The molecular weight excluding hydrogens is 342 g/mol. The summed E-state index contributed by atoms with van der Waals surface area (Å²) in [6.07, 6.45) is 4.47. The first kappa shape index (κ1) is 17.1. The standard InChI is InChI=1S/C21H21N3OS/c1-23-14-16-11-20(25)18(24-7-9-26-10-8-24)12-17(16)21(19(23)13-22)15-5-3-2-4-6-15/h2-6,12,14,18H,7-11H2,1H3. The number of nitrogens with zero attached hydrogens (tertiary/aromatic N) is 3. The molecule has 5 heteroatoms. The van der Waals surface area contributed by atoms with Crippen molar-refractivity contribution in [1.82, 2.24) is 9.80 Å². The van der Waals surface area contributed by atoms with Gasteiger partial charge in [-0.2, -0.15) is 17.0 Å². The highest BCUT2D eigenvalue weighted by molar-refractivity contribution is 7.99. The molecule has 0 bridgehead atoms. The largest absolute Gasteiger partial charge is 0.342 e. The Morgan fingerprint density at radius 1 is 1.19 bits per heavy atom. The molecule has 26 heavy (non-hydrogen) atoms. The van der Waals surface area contributed by atoms with Gasteiger partial charge < -0.3 is 4.90 Å². The first-order valence-corrected chi connectivity index (χ1v) is 10.0. The maximum absolute atomic E-state index is 12.8. The van der Waals surface area contributed by atoms with E-state index in [0.717, 1.165) is 46.9 Å². The molecule has 2 aliphatic heterocycles. The summed E-state index contributed by atoms with van der Waals surface area (Å²) in [5.74, 6) is 2.40. The number of carbonyl (C=O) groups excluding carboxylic acids is 1. The minimum Gasteiger partial charge on any atom is -0.342 e. The zero-order chi connectivity index (χ0) is 18.1. The van der Waals surface area contributed by atoms with Crippen molar-refractivity contribution in [3.05, 3.63) is 65.0 Å². The van der Waals surface area contributed by atoms with E-state index in [0.29, 0.717) is 12.1 Å². The van der Waals surface area contributed by atoms with Gasteiger partial charge in [-0.05, 0) is 16.7 Å². The Kier molecular flexibility index (Phi) is 4.71. The number of thioether (sulfide) groups is 1. The fraction of sp³-hybridized carbons (Fsp3) is 0.333. The zero-order valence-electron chi connectivity index (χ0n) is 14.8. The van der Waals surface area contributed by atoms with Crippen LogP contribution in [0.1, 0.15) is 12.0 Å². The van der Waals surface area contributed by atoms with E-state index in [4.69, 9.17) is 0 Å². The van der Waals surface area contributed by atoms with Crippen molar-refractivity contribution in [2.45, 2.75) is 12.5 Å². The molecule has 1 unspecified atom stereocenters. The lowest BCUT2D eigenvalue weighted by molar-refractivity contribution is -0.122. The first-order chi connectivity index (χ1) is 12.7. The normalized spacial score (nSPS) is 23.9. The molecular formula is C21H21N3OS. The van der Waals surface area contributed by atoms with Gasteiger partial charge in [-0.3, -0.25) is 9.69 Å². The van der Waals surface area contributed by atoms with Gasteiger partial charge in [0, 0.05) is 49.8 Å². The van der Waals surface area contributed by atoms with E-state index >= 15 is 0 Å². The van der Waals surface area contributed by atoms with Crippen LogP contribution >= 0.6 is 11.8 Å². The number of nitriles is 1. The van der Waals surface area contributed by atoms with Crippen LogP contribution in [-0.2, 0) is 4.79 Å². The number of Topliss-reactive ketones (excluding diaryl/α,β-unsaturated/α-hetero) is 1. The fourth-order valence-corrected chi connectivity index (χ4v) is 4.83. The van der Waals surface area contributed by atoms with Crippen molar-refractivity contribution < 1.29 is 4.79 Å². The van der Waals surface area contributed by atoms with Gasteiger partial charge in [-0.1, -0.05) is 36.4 Å². The van der Waals surface area contributed by atoms with Crippen molar-refractivity contribution in [2.75, 3.05) is 31.6 Å². The smallest absolute Gasteiger partial charge is 0.158 e. The van der Waals surface area contributed by atoms with Gasteiger partial charge in [0.15, 0.2) is 5.78 Å². The quantitative estimate of drug-likeness (QED) is 0.808. The number of rotatable bonds is 2. The van der Waals surface area contributed by atoms with Crippen LogP contribution in [0, 0.1) is 11.3 Å². The highest BCUT2D eigenvalue weighted by Crippen LogP contribution is 2.41. The molecule has 1 aromatic carbocycles. The second-order valence-electron chi connectivity index (χ2n) is 6.78. The fourth-order valence-electron chi connectivity index (χ4n) is 3.90. The Balaban J connectivity index is 1.83. The van der Waals surface area contributed by atoms with Gasteiger partial charge in [0.05, 0.1) is 6.04 Å². The summed E-state index contributed by atoms with van der Waals surface area (Å²) < 4.78 is 0. The van der Waals surface area contributed by atoms with E-state index in [9.17, 15) is 10.1 Å². The van der Waals surface area contributed by atoms with Crippen LogP contribution in [0.2, 0.25) is 0 Å². The van der Waals surface area contributed by atoms with Gasteiger partial charge in [0.1, 0.15) is 11.8 Å². The van der Waals surface area contributed by atoms with Crippen molar-refractivity contribution in [3.63, 3.8) is 0 Å². The van der Waals surface area contributed by atoms with E-state index in [2.05, 4.69) is 17.0 Å². The Bertz CT molecular complexity index is 857. The van der Waals surface area contributed by atoms with Crippen molar-refractivity contribution in [2.24, 2.45) is 0 Å². The molecule has 0 amide bonds. The SMILES string of the molecule is CN1C=C2CC(=O)C(N3CCSCC3)C=C2C(c2ccccc2)=C1C#N. The first-order valence-electron chi connectivity index (χ1n) is 8.89. The number of carbonyl (C=O) groups is 1. The maximum atomic E-state index is 12.8. The van der Waals surface area contributed by atoms with Crippen molar-refractivity contribution in [1.29, 1.82) is 5.26 Å². The van der Waals surface area contributed by atoms with Crippen LogP contribution in [0.3, 0.4) is 0 Å². The highest BCUT2D eigenvalue weighted by Gasteiger charge is 2.35. The summed E-state index contributed by atoms with van der Waals surface area (Å²) in [6.45, 7) is 1.89. The van der Waals surface area contributed by atoms with Gasteiger partial charge in [-0.25, -0.2) is 0 Å². The summed E-state index contributed by atoms with van der Waals surface area (Å²) in [5, 5.41) is 9.76. The van der Waals surface area contributed by atoms with E-state index in [1.807, 2.05) is 60.2 Å². The lowest BCUT2D eigenvalue weighted by Crippen LogP contribution is -2.46. The summed E-state index contributed by atoms with van der Waals surface area (Å²) in [6, 6.07) is 12.2. The molecule has 4 nitrogen and oxygen atoms in total. The molecule has 0 saturated carbocycles. The molecule has 1 aromatic rings. The molecule has 2 heterocycles. The van der Waals surface area contributed by atoms with Gasteiger partial charge in [0.25, 0.3) is 0 Å². The zero-order valence-corrected chi connectivity index (χ0v) is 15.6. The van der Waals surface area contributed by atoms with Crippen LogP contribution in [0.15, 0.2) is 59.5 Å². The Labute approximate surface area is 158 Å². The van der Waals surface area contributed by atoms with Gasteiger partial charge in [-0.15, -0.1) is 0 Å². The summed E-state index contributed by atoms with van der Waals surface area (Å²) in [7, 11) is 1.88. The van der Waals surface area contributed by atoms with Crippen LogP contribution in [-0.4, -0.2) is 53.3 Å². The topological polar surface area (TPSA) is 47.3 Å². The second-order valence-corrected chi connectivity index (χ2v) is 8.01. The van der Waals surface area contributed by atoms with Crippen molar-refractivity contribution >= 4 is 23.1 Å². The highest BCUT2D eigenvalue weighted by atomic mass is 32.2. The molecule has 4 rings (SSSR count). The predicted octanol–water partition coefficient (Wildman–Crippen LogP) is 3.07. The number of ketones is 1. The summed E-state index contributed by atoms with van der Waals surface area (Å²) in [4.78, 5) is 17.0. The number of fused-ring (bicyclic) bond motifs is 1. The molecule has 0 spiro atoms. The number of benzene rings is 1. The van der Waals surface area contributed by atoms with Crippen LogP contribution in [0.4, 0.5) is 0 Å². The molecule has 1 atom stereocenters. The average molecular weight is 363 g/mol. The third kappa shape index (κ3) is 3.00. The molecule has 0 aromatic heterocycles. The van der Waals surface area contributed by atoms with Gasteiger partial charge in [0.2, 0.25) is 0 Å². The number of hydrogen-bond acceptors (Lipinski definition) is 5. The predicted molar refractivity (Wildman–Crippen MR) is 105 cm³/mol. The lowest BCUT2D eigenvalue weighted by Gasteiger charge is -2.37. The lowest BCUT2D eigenvalue weighted by atomic mass is 9.80. The van der Waals surface area contributed by atoms with Crippen LogP contribution in [0.25, 0.3) is 5.57 Å². The van der Waals surface area contributed by atoms with Crippen LogP contribution in [0.5, 0.6) is 0 Å². The van der Waals surface area contributed by atoms with Gasteiger partial charge >= 0.3 is 0 Å². The maximum Gasteiger partial charge on any atom is 0.158 e. The van der Waals surface area contributed by atoms with E-state index in [-0.39, 0.29) is 11.8 Å². The molecule has 3 aliphatic rings. The van der Waals surface area contributed by atoms with E-state index in [1.165, 1.54) is 0 Å². The molecule has 1 fully saturated rings. The summed E-state index contributed by atoms with van der Waals surface area (Å²) >= 11 is 1.94. The molecule has 1 aliphatic carbocycles. The second kappa shape index (κ2) is 7.14. The van der Waals surface area contributed by atoms with Crippen molar-refractivity contribution in [3.8, 4) is 6.07 Å². The number of hydrogen-bond donors (Lipinski definition) is 0. The minimum absolute atomic E-state index is 0.176. The molecule has 0 radical (unpaired) electrons. The molecule has 132 valence electrons. The monoisotopic (exact) mass is 363 g/mol. The molecule has 1 saturated heterocycles. The Hall–Kier alpha value is -2.29. The minimum atomic E-state index is -0.176. The number of allylic oxidation sites excluding steroid dienone is 4. The third-order valence-corrected chi connectivity index (χ3v) is 6.12. The molecule has 0 N–H and O–H groups in total.